The second kappa shape index (κ2) is 13.4. The van der Waals surface area contributed by atoms with E-state index in [1.807, 2.05) is 24.3 Å². The zero-order valence-corrected chi connectivity index (χ0v) is 23.3. The Labute approximate surface area is 238 Å². The fraction of sp³-hybridized carbons (Fsp3) is 0.273. The summed E-state index contributed by atoms with van der Waals surface area (Å²) in [7, 11) is 1.69. The van der Waals surface area contributed by atoms with Gasteiger partial charge in [0.1, 0.15) is 18.2 Å². The average Bonchev–Trinajstić information content (AvgIpc) is 2.95. The molecule has 41 heavy (non-hydrogen) atoms. The van der Waals surface area contributed by atoms with Crippen molar-refractivity contribution in [2.75, 3.05) is 26.9 Å². The van der Waals surface area contributed by atoms with E-state index >= 15 is 0 Å². The molecule has 5 rings (SSSR count). The highest BCUT2D eigenvalue weighted by Crippen LogP contribution is 2.41. The molecule has 0 saturated heterocycles. The number of primary amides is 1. The van der Waals surface area contributed by atoms with Crippen molar-refractivity contribution >= 4 is 22.6 Å². The molecule has 4 aromatic rings. The summed E-state index contributed by atoms with van der Waals surface area (Å²) in [6.45, 7) is 3.34. The molecule has 3 N–H and O–H groups in total. The molecule has 0 radical (unpaired) electrons. The molecule has 0 aromatic heterocycles. The van der Waals surface area contributed by atoms with Gasteiger partial charge >= 0.3 is 5.97 Å². The van der Waals surface area contributed by atoms with E-state index in [1.165, 1.54) is 23.3 Å². The minimum absolute atomic E-state index is 0.0208. The van der Waals surface area contributed by atoms with Crippen LogP contribution in [0.3, 0.4) is 0 Å². The number of aryl methyl sites for hydroxylation is 2. The van der Waals surface area contributed by atoms with Crippen LogP contribution >= 0.6 is 0 Å². The van der Waals surface area contributed by atoms with Crippen molar-refractivity contribution in [1.29, 1.82) is 0 Å². The van der Waals surface area contributed by atoms with Gasteiger partial charge in [0.2, 0.25) is 0 Å². The average molecular weight is 561 g/mol. The van der Waals surface area contributed by atoms with E-state index in [4.69, 9.17) is 15.6 Å². The van der Waals surface area contributed by atoms with E-state index < -0.39 is 17.7 Å². The molecule has 0 aliphatic carbocycles. The van der Waals surface area contributed by atoms with Crippen molar-refractivity contribution in [3.05, 3.63) is 100 Å². The van der Waals surface area contributed by atoms with Gasteiger partial charge in [-0.3, -0.25) is 14.5 Å². The molecule has 0 fully saturated rings. The molecule has 0 saturated carbocycles. The Morgan fingerprint density at radius 1 is 1.02 bits per heavy atom. The first-order valence-electron chi connectivity index (χ1n) is 13.5. The SMILES string of the molecule is COc1ccc2c(c1-c1cccc3c(CCC(=O)O)cccc13)CCN(CCF)C2.Cc1cccc(F)c1C(N)=O. The number of carbonyl (C=O) groups is 2. The molecule has 1 heterocycles. The molecule has 4 aromatic carbocycles. The number of ether oxygens (including phenoxy) is 1. The molecule has 0 atom stereocenters. The van der Waals surface area contributed by atoms with Crippen LogP contribution in [0.25, 0.3) is 21.9 Å². The molecule has 214 valence electrons. The summed E-state index contributed by atoms with van der Waals surface area (Å²) in [6.07, 6.45) is 1.45. The molecule has 1 amide bonds. The number of benzene rings is 4. The Hall–Kier alpha value is -4.30. The number of hydrogen-bond acceptors (Lipinski definition) is 4. The Kier molecular flexibility index (Phi) is 9.68. The number of hydrogen-bond donors (Lipinski definition) is 2. The van der Waals surface area contributed by atoms with Gasteiger partial charge in [-0.25, -0.2) is 8.78 Å². The maximum Gasteiger partial charge on any atom is 0.303 e. The van der Waals surface area contributed by atoms with Crippen molar-refractivity contribution in [1.82, 2.24) is 4.90 Å². The smallest absolute Gasteiger partial charge is 0.303 e. The van der Waals surface area contributed by atoms with Gasteiger partial charge in [0, 0.05) is 31.6 Å². The fourth-order valence-corrected chi connectivity index (χ4v) is 5.47. The van der Waals surface area contributed by atoms with E-state index in [0.29, 0.717) is 18.5 Å². The van der Waals surface area contributed by atoms with Crippen molar-refractivity contribution < 1.29 is 28.2 Å². The molecule has 0 unspecified atom stereocenters. The number of alkyl halides is 1. The minimum Gasteiger partial charge on any atom is -0.496 e. The molecule has 0 bridgehead atoms. The van der Waals surface area contributed by atoms with Crippen LogP contribution in [0.15, 0.2) is 66.7 Å². The largest absolute Gasteiger partial charge is 0.496 e. The standard InChI is InChI=1S/C25H26FNO3.C8H8FNO/c1-30-23-10-8-18-16-27(15-13-26)14-12-20(18)25(23)22-7-3-5-19-17(9-11-24(28)29)4-2-6-21(19)22;1-5-3-2-4-6(9)7(5)8(10)11/h2-8,10H,9,11-16H2,1H3,(H,28,29);2-4H,1H3,(H2,10,11). The predicted molar refractivity (Wildman–Crippen MR) is 157 cm³/mol. The van der Waals surface area contributed by atoms with E-state index in [9.17, 15) is 18.4 Å². The van der Waals surface area contributed by atoms with Gasteiger partial charge in [-0.05, 0) is 70.5 Å². The molecule has 8 heteroatoms. The maximum atomic E-state index is 12.8. The molecule has 6 nitrogen and oxygen atoms in total. The number of rotatable bonds is 8. The Bertz CT molecular complexity index is 1550. The summed E-state index contributed by atoms with van der Waals surface area (Å²) in [4.78, 5) is 23.8. The number of halogens is 2. The summed E-state index contributed by atoms with van der Waals surface area (Å²) in [5, 5.41) is 11.3. The monoisotopic (exact) mass is 560 g/mol. The third-order valence-corrected chi connectivity index (χ3v) is 7.42. The van der Waals surface area contributed by atoms with Gasteiger partial charge in [-0.2, -0.15) is 0 Å². The topological polar surface area (TPSA) is 92.9 Å². The van der Waals surface area contributed by atoms with Gasteiger partial charge in [0.25, 0.3) is 5.91 Å². The van der Waals surface area contributed by atoms with E-state index in [1.54, 1.807) is 20.1 Å². The van der Waals surface area contributed by atoms with Crippen LogP contribution in [-0.2, 0) is 24.2 Å². The number of nitrogens with two attached hydrogens (primary N) is 1. The predicted octanol–water partition coefficient (Wildman–Crippen LogP) is 6.09. The van der Waals surface area contributed by atoms with Gasteiger partial charge in [-0.1, -0.05) is 54.6 Å². The number of carboxylic acid groups (broad SMARTS) is 1. The number of carboxylic acids is 1. The Balaban J connectivity index is 0.000000296. The minimum atomic E-state index is -0.792. The normalized spacial score (nSPS) is 12.8. The number of nitrogens with zero attached hydrogens (tertiary/aromatic N) is 1. The summed E-state index contributed by atoms with van der Waals surface area (Å²) >= 11 is 0. The molecule has 0 spiro atoms. The van der Waals surface area contributed by atoms with Gasteiger partial charge in [0.05, 0.1) is 12.7 Å². The number of methoxy groups -OCH3 is 1. The highest BCUT2D eigenvalue weighted by molar-refractivity contribution is 6.00. The van der Waals surface area contributed by atoms with Crippen LogP contribution in [0.2, 0.25) is 0 Å². The van der Waals surface area contributed by atoms with E-state index in [-0.39, 0.29) is 18.7 Å². The zero-order chi connectivity index (χ0) is 29.5. The second-order valence-corrected chi connectivity index (χ2v) is 10.0. The number of amides is 1. The first-order chi connectivity index (χ1) is 19.7. The van der Waals surface area contributed by atoms with Gasteiger partial charge < -0.3 is 15.6 Å². The third kappa shape index (κ3) is 6.72. The summed E-state index contributed by atoms with van der Waals surface area (Å²) in [5.41, 5.74) is 11.2. The number of fused-ring (bicyclic) bond motifs is 2. The van der Waals surface area contributed by atoms with Crippen LogP contribution < -0.4 is 10.5 Å². The van der Waals surface area contributed by atoms with Crippen LogP contribution in [-0.4, -0.2) is 48.8 Å². The third-order valence-electron chi connectivity index (χ3n) is 7.42. The van der Waals surface area contributed by atoms with Crippen LogP contribution in [0.4, 0.5) is 8.78 Å². The lowest BCUT2D eigenvalue weighted by Crippen LogP contribution is -2.32. The van der Waals surface area contributed by atoms with Crippen molar-refractivity contribution in [2.45, 2.75) is 32.7 Å². The lowest BCUT2D eigenvalue weighted by atomic mass is 9.87. The van der Waals surface area contributed by atoms with E-state index in [0.717, 1.165) is 52.7 Å². The van der Waals surface area contributed by atoms with Crippen LogP contribution in [0, 0.1) is 12.7 Å². The highest BCUT2D eigenvalue weighted by Gasteiger charge is 2.23. The summed E-state index contributed by atoms with van der Waals surface area (Å²) in [6, 6.07) is 20.8. The molecular formula is C33H34F2N2O4. The fourth-order valence-electron chi connectivity index (χ4n) is 5.47. The molecule has 1 aliphatic rings. The van der Waals surface area contributed by atoms with Crippen LogP contribution in [0.1, 0.15) is 39.0 Å². The van der Waals surface area contributed by atoms with E-state index in [2.05, 4.69) is 29.2 Å². The quantitative estimate of drug-likeness (QED) is 0.272. The Morgan fingerprint density at radius 2 is 1.76 bits per heavy atom. The van der Waals surface area contributed by atoms with Crippen molar-refractivity contribution in [3.63, 3.8) is 0 Å². The Morgan fingerprint density at radius 3 is 2.41 bits per heavy atom. The summed E-state index contributed by atoms with van der Waals surface area (Å²) in [5.74, 6) is -1.24. The maximum absolute atomic E-state index is 12.8. The first kappa shape index (κ1) is 29.7. The first-order valence-corrected chi connectivity index (χ1v) is 13.5. The van der Waals surface area contributed by atoms with Crippen molar-refractivity contribution in [3.8, 4) is 16.9 Å². The molecular weight excluding hydrogens is 526 g/mol. The number of aliphatic carboxylic acids is 1. The zero-order valence-electron chi connectivity index (χ0n) is 23.3. The van der Waals surface area contributed by atoms with Crippen molar-refractivity contribution in [2.24, 2.45) is 5.73 Å². The second-order valence-electron chi connectivity index (χ2n) is 10.0. The van der Waals surface area contributed by atoms with Gasteiger partial charge in [-0.15, -0.1) is 0 Å². The van der Waals surface area contributed by atoms with Crippen LogP contribution in [0.5, 0.6) is 5.75 Å². The van der Waals surface area contributed by atoms with Gasteiger partial charge in [0.15, 0.2) is 0 Å². The summed E-state index contributed by atoms with van der Waals surface area (Å²) < 4.78 is 31.4. The lowest BCUT2D eigenvalue weighted by molar-refractivity contribution is -0.136. The lowest BCUT2D eigenvalue weighted by Gasteiger charge is -2.30. The highest BCUT2D eigenvalue weighted by atomic mass is 19.1. The number of carbonyl (C=O) groups excluding carboxylic acids is 1. The molecule has 1 aliphatic heterocycles.